The molecule has 13 nitrogen and oxygen atoms in total. The van der Waals surface area contributed by atoms with Gasteiger partial charge in [-0.05, 0) is 39.9 Å². The van der Waals surface area contributed by atoms with Crippen LogP contribution < -0.4 is 21.3 Å². The lowest BCUT2D eigenvalue weighted by Gasteiger charge is -2.40. The number of rotatable bonds is 14. The van der Waals surface area contributed by atoms with E-state index >= 15 is 0 Å². The van der Waals surface area contributed by atoms with Gasteiger partial charge in [-0.3, -0.25) is 33.7 Å². The second-order valence-corrected chi connectivity index (χ2v) is 18.2. The number of piperidine rings is 2. The molecule has 0 bridgehead atoms. The van der Waals surface area contributed by atoms with Crippen molar-refractivity contribution >= 4 is 41.4 Å². The smallest absolute Gasteiger partial charge is 0.315 e. The molecule has 1 aliphatic carbocycles. The van der Waals surface area contributed by atoms with Gasteiger partial charge in [0.15, 0.2) is 0 Å². The number of amides is 7. The van der Waals surface area contributed by atoms with Crippen LogP contribution in [-0.2, 0) is 28.8 Å². The fraction of sp³-hybridized carbons (Fsp3) is 0.763. The Balaban J connectivity index is 1.83. The number of hydrogen-bond donors (Lipinski definition) is 4. The summed E-state index contributed by atoms with van der Waals surface area (Å²) in [7, 11) is 0. The number of imide groups is 1. The number of ketones is 1. The van der Waals surface area contributed by atoms with Crippen molar-refractivity contribution in [2.75, 3.05) is 19.6 Å². The molecule has 6 atom stereocenters. The van der Waals surface area contributed by atoms with Crippen molar-refractivity contribution in [3.8, 4) is 0 Å². The van der Waals surface area contributed by atoms with Gasteiger partial charge in [0.2, 0.25) is 29.4 Å². The summed E-state index contributed by atoms with van der Waals surface area (Å²) in [6, 6.07) is -4.26. The number of fused-ring (bicyclic) bond motifs is 1. The molecular formula is C38H62N6O7. The quantitative estimate of drug-likeness (QED) is 0.121. The standard InChI is InChI=1S/C38H62N6O7/c1-13-15-16-23(29(47)32(49)39-17-14-2)40-31(48)28-27-22(38(27,11)12)20-44(28)33(50)30(36(6,7)8)42-34(51)41-24(35(3,4)5)21-43-25(45)18-37(9,10)19-26(43)46/h14,22-24,27-28,30H,2,13,15-21H2,1,3-12H3,(H,39,49)(H,40,48)(H2,41,42,51)/t22-,23?,24+,27-,28-,30+/m0/s1. The van der Waals surface area contributed by atoms with Crippen LogP contribution >= 0.6 is 0 Å². The van der Waals surface area contributed by atoms with E-state index in [1.165, 1.54) is 15.9 Å². The van der Waals surface area contributed by atoms with Gasteiger partial charge < -0.3 is 26.2 Å². The second-order valence-electron chi connectivity index (χ2n) is 18.2. The van der Waals surface area contributed by atoms with E-state index in [2.05, 4.69) is 27.8 Å². The van der Waals surface area contributed by atoms with Crippen molar-refractivity contribution in [1.82, 2.24) is 31.1 Å². The molecule has 13 heteroatoms. The Morgan fingerprint density at radius 2 is 1.51 bits per heavy atom. The van der Waals surface area contributed by atoms with Gasteiger partial charge in [-0.15, -0.1) is 6.58 Å². The van der Waals surface area contributed by atoms with Gasteiger partial charge in [0.25, 0.3) is 5.91 Å². The molecule has 3 aliphatic rings. The number of carbonyl (C=O) groups excluding carboxylic acids is 7. The van der Waals surface area contributed by atoms with Crippen LogP contribution in [0.15, 0.2) is 12.7 Å². The van der Waals surface area contributed by atoms with Crippen molar-refractivity contribution in [3.05, 3.63) is 12.7 Å². The number of nitrogens with one attached hydrogen (secondary N) is 4. The Bertz CT molecular complexity index is 1390. The molecule has 3 rings (SSSR count). The highest BCUT2D eigenvalue weighted by molar-refractivity contribution is 6.38. The Hall–Kier alpha value is -3.77. The molecule has 0 aromatic heterocycles. The minimum atomic E-state index is -1.05. The average molecular weight is 715 g/mol. The molecule has 51 heavy (non-hydrogen) atoms. The summed E-state index contributed by atoms with van der Waals surface area (Å²) >= 11 is 0. The van der Waals surface area contributed by atoms with E-state index in [0.717, 1.165) is 6.42 Å². The van der Waals surface area contributed by atoms with Crippen molar-refractivity contribution in [2.45, 2.75) is 132 Å². The lowest BCUT2D eigenvalue weighted by Crippen LogP contribution is -2.63. The second kappa shape index (κ2) is 15.5. The van der Waals surface area contributed by atoms with Gasteiger partial charge in [0.05, 0.1) is 12.1 Å². The third-order valence-electron chi connectivity index (χ3n) is 10.8. The van der Waals surface area contributed by atoms with E-state index in [0.29, 0.717) is 13.0 Å². The van der Waals surface area contributed by atoms with E-state index < -0.39 is 69.9 Å². The molecule has 2 aliphatic heterocycles. The number of hydrogen-bond acceptors (Lipinski definition) is 7. The Morgan fingerprint density at radius 3 is 2.02 bits per heavy atom. The molecule has 0 radical (unpaired) electrons. The summed E-state index contributed by atoms with van der Waals surface area (Å²) in [5, 5.41) is 11.1. The van der Waals surface area contributed by atoms with Crippen LogP contribution in [0.2, 0.25) is 0 Å². The highest BCUT2D eigenvalue weighted by atomic mass is 16.2. The first-order valence-corrected chi connectivity index (χ1v) is 18.3. The van der Waals surface area contributed by atoms with Crippen LogP contribution in [0.25, 0.3) is 0 Å². The van der Waals surface area contributed by atoms with Crippen LogP contribution in [0.4, 0.5) is 4.79 Å². The third kappa shape index (κ3) is 9.77. The Morgan fingerprint density at radius 1 is 0.922 bits per heavy atom. The van der Waals surface area contributed by atoms with E-state index in [1.54, 1.807) is 0 Å². The SMILES string of the molecule is C=CCNC(=O)C(=O)C(CCCC)NC(=O)[C@@H]1[C@@H]2[C@H](CN1C(=O)[C@@H](NC(=O)N[C@H](CN1C(=O)CC(C)(C)CC1=O)C(C)(C)C)C(C)(C)C)C2(C)C. The summed E-state index contributed by atoms with van der Waals surface area (Å²) in [6.45, 7) is 24.9. The van der Waals surface area contributed by atoms with Gasteiger partial charge in [0, 0.05) is 32.5 Å². The van der Waals surface area contributed by atoms with Gasteiger partial charge >= 0.3 is 6.03 Å². The maximum absolute atomic E-state index is 14.4. The van der Waals surface area contributed by atoms with Gasteiger partial charge in [-0.1, -0.05) is 95.1 Å². The molecule has 7 amide bonds. The van der Waals surface area contributed by atoms with Crippen molar-refractivity contribution < 1.29 is 33.6 Å². The first-order chi connectivity index (χ1) is 23.4. The number of nitrogens with zero attached hydrogens (tertiary/aromatic N) is 2. The molecule has 0 spiro atoms. The fourth-order valence-electron chi connectivity index (χ4n) is 7.44. The molecule has 4 N–H and O–H groups in total. The zero-order valence-electron chi connectivity index (χ0n) is 32.7. The van der Waals surface area contributed by atoms with Gasteiger partial charge in [-0.2, -0.15) is 0 Å². The first-order valence-electron chi connectivity index (χ1n) is 18.3. The molecule has 0 aromatic rings. The molecule has 0 aromatic carbocycles. The topological polar surface area (TPSA) is 174 Å². The van der Waals surface area contributed by atoms with E-state index in [-0.39, 0.29) is 61.4 Å². The molecule has 3 fully saturated rings. The largest absolute Gasteiger partial charge is 0.346 e. The minimum absolute atomic E-state index is 0.00482. The number of urea groups is 1. The van der Waals surface area contributed by atoms with E-state index in [9.17, 15) is 33.6 Å². The zero-order valence-corrected chi connectivity index (χ0v) is 32.7. The van der Waals surface area contributed by atoms with Crippen molar-refractivity contribution in [2.24, 2.45) is 33.5 Å². The highest BCUT2D eigenvalue weighted by Gasteiger charge is 2.70. The summed E-state index contributed by atoms with van der Waals surface area (Å²) in [6.07, 6.45) is 3.54. The van der Waals surface area contributed by atoms with Crippen molar-refractivity contribution in [1.29, 1.82) is 0 Å². The number of carbonyl (C=O) groups is 7. The van der Waals surface area contributed by atoms with Crippen LogP contribution in [0.1, 0.15) is 108 Å². The van der Waals surface area contributed by atoms with Gasteiger partial charge in [0.1, 0.15) is 12.1 Å². The molecule has 1 unspecified atom stereocenters. The van der Waals surface area contributed by atoms with Crippen LogP contribution in [0.5, 0.6) is 0 Å². The normalized spacial score (nSPS) is 24.1. The monoisotopic (exact) mass is 714 g/mol. The Labute approximate surface area is 303 Å². The zero-order chi connectivity index (χ0) is 38.9. The van der Waals surface area contributed by atoms with Gasteiger partial charge in [-0.25, -0.2) is 4.79 Å². The highest BCUT2D eigenvalue weighted by Crippen LogP contribution is 2.65. The molecule has 2 heterocycles. The van der Waals surface area contributed by atoms with Crippen molar-refractivity contribution in [3.63, 3.8) is 0 Å². The lowest BCUT2D eigenvalue weighted by molar-refractivity contribution is -0.153. The predicted molar refractivity (Wildman–Crippen MR) is 194 cm³/mol. The molecule has 1 saturated carbocycles. The number of Topliss-reactive ketones (excluding diaryl/α,β-unsaturated/α-hetero) is 1. The minimum Gasteiger partial charge on any atom is -0.346 e. The summed E-state index contributed by atoms with van der Waals surface area (Å²) in [5.74, 6) is -3.19. The van der Waals surface area contributed by atoms with Crippen LogP contribution in [0.3, 0.4) is 0 Å². The molecule has 286 valence electrons. The Kier molecular flexibility index (Phi) is 12.6. The number of likely N-dealkylation sites (tertiary alicyclic amines) is 2. The summed E-state index contributed by atoms with van der Waals surface area (Å²) < 4.78 is 0. The third-order valence-corrected chi connectivity index (χ3v) is 10.8. The van der Waals surface area contributed by atoms with Crippen LogP contribution in [-0.4, -0.2) is 95.0 Å². The molecule has 2 saturated heterocycles. The molecular weight excluding hydrogens is 652 g/mol. The van der Waals surface area contributed by atoms with E-state index in [4.69, 9.17) is 0 Å². The first kappa shape index (κ1) is 41.6. The summed E-state index contributed by atoms with van der Waals surface area (Å²) in [5.41, 5.74) is -1.98. The predicted octanol–water partition coefficient (Wildman–Crippen LogP) is 3.32. The maximum Gasteiger partial charge on any atom is 0.315 e. The number of unbranched alkanes of at least 4 members (excludes halogenated alkanes) is 1. The lowest BCUT2D eigenvalue weighted by atomic mass is 9.80. The van der Waals surface area contributed by atoms with Crippen LogP contribution in [0, 0.1) is 33.5 Å². The van der Waals surface area contributed by atoms with E-state index in [1.807, 2.05) is 76.2 Å². The average Bonchev–Trinajstić information content (AvgIpc) is 3.31. The summed E-state index contributed by atoms with van der Waals surface area (Å²) in [4.78, 5) is 96.5. The maximum atomic E-state index is 14.4. The fourth-order valence-corrected chi connectivity index (χ4v) is 7.44.